The summed E-state index contributed by atoms with van der Waals surface area (Å²) in [4.78, 5) is 5.81. The predicted molar refractivity (Wildman–Crippen MR) is 61.3 cm³/mol. The normalized spacial score (nSPS) is 22.9. The summed E-state index contributed by atoms with van der Waals surface area (Å²) >= 11 is 0. The predicted octanol–water partition coefficient (Wildman–Crippen LogP) is 2.99. The van der Waals surface area contributed by atoms with Crippen LogP contribution >= 0.6 is 0 Å². The molecular weight excluding hydrogens is 186 g/mol. The first kappa shape index (κ1) is 10.7. The lowest BCUT2D eigenvalue weighted by Gasteiger charge is -2.32. The SMILES string of the molecule is CC1CCCCN1OCc1ccccc1. The third-order valence-electron chi connectivity index (χ3n) is 2.98. The van der Waals surface area contributed by atoms with Crippen molar-refractivity contribution < 1.29 is 4.84 Å². The Bertz CT molecular complexity index is 286. The van der Waals surface area contributed by atoms with Crippen LogP contribution in [0.25, 0.3) is 0 Å². The molecule has 0 saturated carbocycles. The Kier molecular flexibility index (Phi) is 3.75. The van der Waals surface area contributed by atoms with E-state index >= 15 is 0 Å². The molecule has 2 heteroatoms. The maximum atomic E-state index is 5.81. The highest BCUT2D eigenvalue weighted by Gasteiger charge is 2.18. The molecular formula is C13H19NO. The number of piperidine rings is 1. The van der Waals surface area contributed by atoms with Crippen LogP contribution in [0.2, 0.25) is 0 Å². The molecule has 2 nitrogen and oxygen atoms in total. The molecule has 0 aliphatic carbocycles. The highest BCUT2D eigenvalue weighted by Crippen LogP contribution is 2.17. The van der Waals surface area contributed by atoms with Crippen molar-refractivity contribution in [3.8, 4) is 0 Å². The van der Waals surface area contributed by atoms with Crippen LogP contribution in [0.3, 0.4) is 0 Å². The zero-order valence-corrected chi connectivity index (χ0v) is 9.36. The van der Waals surface area contributed by atoms with E-state index in [1.54, 1.807) is 0 Å². The molecule has 2 rings (SSSR count). The van der Waals surface area contributed by atoms with Crippen LogP contribution in [0.1, 0.15) is 31.7 Å². The summed E-state index contributed by atoms with van der Waals surface area (Å²) < 4.78 is 0. The zero-order valence-electron chi connectivity index (χ0n) is 9.36. The average Bonchev–Trinajstić information content (AvgIpc) is 2.29. The van der Waals surface area contributed by atoms with Gasteiger partial charge < -0.3 is 0 Å². The molecule has 1 fully saturated rings. The third-order valence-corrected chi connectivity index (χ3v) is 2.98. The van der Waals surface area contributed by atoms with Crippen molar-refractivity contribution in [1.82, 2.24) is 5.06 Å². The summed E-state index contributed by atoms with van der Waals surface area (Å²) in [6, 6.07) is 10.9. The van der Waals surface area contributed by atoms with Crippen molar-refractivity contribution in [2.45, 2.75) is 38.8 Å². The smallest absolute Gasteiger partial charge is 0.0936 e. The van der Waals surface area contributed by atoms with Crippen molar-refractivity contribution in [3.05, 3.63) is 35.9 Å². The summed E-state index contributed by atoms with van der Waals surface area (Å²) in [5.74, 6) is 0. The van der Waals surface area contributed by atoms with E-state index in [0.717, 1.165) is 6.54 Å². The average molecular weight is 205 g/mol. The van der Waals surface area contributed by atoms with Crippen LogP contribution in [0, 0.1) is 0 Å². The maximum Gasteiger partial charge on any atom is 0.0936 e. The van der Waals surface area contributed by atoms with E-state index in [9.17, 15) is 0 Å². The van der Waals surface area contributed by atoms with Crippen LogP contribution < -0.4 is 0 Å². The Labute approximate surface area is 91.8 Å². The van der Waals surface area contributed by atoms with Crippen LogP contribution in [-0.2, 0) is 11.4 Å². The van der Waals surface area contributed by atoms with Crippen LogP contribution in [0.5, 0.6) is 0 Å². The molecule has 0 N–H and O–H groups in total. The number of benzene rings is 1. The van der Waals surface area contributed by atoms with Gasteiger partial charge in [0, 0.05) is 12.6 Å². The minimum Gasteiger partial charge on any atom is -0.294 e. The van der Waals surface area contributed by atoms with Crippen molar-refractivity contribution in [3.63, 3.8) is 0 Å². The van der Waals surface area contributed by atoms with E-state index < -0.39 is 0 Å². The van der Waals surface area contributed by atoms with Crippen molar-refractivity contribution in [1.29, 1.82) is 0 Å². The minimum absolute atomic E-state index is 0.572. The van der Waals surface area contributed by atoms with E-state index in [1.807, 2.05) is 6.07 Å². The second kappa shape index (κ2) is 5.29. The molecule has 0 radical (unpaired) electrons. The highest BCUT2D eigenvalue weighted by atomic mass is 16.7. The van der Waals surface area contributed by atoms with Crippen molar-refractivity contribution in [2.75, 3.05) is 6.54 Å². The van der Waals surface area contributed by atoms with Crippen LogP contribution in [-0.4, -0.2) is 17.6 Å². The quantitative estimate of drug-likeness (QED) is 0.752. The first-order valence-corrected chi connectivity index (χ1v) is 5.80. The number of rotatable bonds is 3. The fourth-order valence-electron chi connectivity index (χ4n) is 2.00. The van der Waals surface area contributed by atoms with Gasteiger partial charge in [-0.15, -0.1) is 0 Å². The molecule has 1 aliphatic rings. The standard InChI is InChI=1S/C13H19NO/c1-12-7-5-6-10-14(12)15-11-13-8-3-2-4-9-13/h2-4,8-9,12H,5-7,10-11H2,1H3. The van der Waals surface area contributed by atoms with Gasteiger partial charge in [0.2, 0.25) is 0 Å². The Balaban J connectivity index is 1.82. The van der Waals surface area contributed by atoms with Gasteiger partial charge in [-0.2, -0.15) is 5.06 Å². The van der Waals surface area contributed by atoms with Gasteiger partial charge in [-0.1, -0.05) is 36.8 Å². The van der Waals surface area contributed by atoms with Gasteiger partial charge in [-0.05, 0) is 25.3 Å². The fourth-order valence-corrected chi connectivity index (χ4v) is 2.00. The number of nitrogens with zero attached hydrogens (tertiary/aromatic N) is 1. The van der Waals surface area contributed by atoms with Gasteiger partial charge in [0.1, 0.15) is 0 Å². The van der Waals surface area contributed by atoms with E-state index in [4.69, 9.17) is 4.84 Å². The summed E-state index contributed by atoms with van der Waals surface area (Å²) in [5.41, 5.74) is 1.25. The highest BCUT2D eigenvalue weighted by molar-refractivity contribution is 5.13. The van der Waals surface area contributed by atoms with E-state index in [-0.39, 0.29) is 0 Å². The lowest BCUT2D eigenvalue weighted by Crippen LogP contribution is -2.37. The van der Waals surface area contributed by atoms with Gasteiger partial charge in [0.05, 0.1) is 6.61 Å². The van der Waals surface area contributed by atoms with Gasteiger partial charge >= 0.3 is 0 Å². The molecule has 0 spiro atoms. The molecule has 0 amide bonds. The van der Waals surface area contributed by atoms with Crippen LogP contribution in [0.15, 0.2) is 30.3 Å². The Hall–Kier alpha value is -0.860. The van der Waals surface area contributed by atoms with E-state index in [0.29, 0.717) is 12.6 Å². The summed E-state index contributed by atoms with van der Waals surface area (Å²) in [6.45, 7) is 4.02. The van der Waals surface area contributed by atoms with Gasteiger partial charge in [-0.25, -0.2) is 0 Å². The minimum atomic E-state index is 0.572. The van der Waals surface area contributed by atoms with Gasteiger partial charge in [0.25, 0.3) is 0 Å². The summed E-state index contributed by atoms with van der Waals surface area (Å²) in [5, 5.41) is 2.14. The van der Waals surface area contributed by atoms with Crippen molar-refractivity contribution >= 4 is 0 Å². The molecule has 15 heavy (non-hydrogen) atoms. The summed E-state index contributed by atoms with van der Waals surface area (Å²) in [6.07, 6.45) is 3.86. The first-order chi connectivity index (χ1) is 7.36. The molecule has 1 atom stereocenters. The monoisotopic (exact) mass is 205 g/mol. The van der Waals surface area contributed by atoms with Crippen molar-refractivity contribution in [2.24, 2.45) is 0 Å². The van der Waals surface area contributed by atoms with Gasteiger partial charge in [0.15, 0.2) is 0 Å². The Morgan fingerprint density at radius 3 is 2.80 bits per heavy atom. The first-order valence-electron chi connectivity index (χ1n) is 5.80. The third kappa shape index (κ3) is 3.05. The second-order valence-corrected chi connectivity index (χ2v) is 4.24. The number of hydroxylamine groups is 2. The summed E-state index contributed by atoms with van der Waals surface area (Å²) in [7, 11) is 0. The zero-order chi connectivity index (χ0) is 10.5. The lowest BCUT2D eigenvalue weighted by atomic mass is 10.1. The molecule has 1 heterocycles. The number of hydrogen-bond donors (Lipinski definition) is 0. The van der Waals surface area contributed by atoms with Gasteiger partial charge in [-0.3, -0.25) is 4.84 Å². The second-order valence-electron chi connectivity index (χ2n) is 4.24. The molecule has 0 aromatic heterocycles. The Morgan fingerprint density at radius 1 is 1.27 bits per heavy atom. The van der Waals surface area contributed by atoms with E-state index in [2.05, 4.69) is 36.3 Å². The molecule has 0 bridgehead atoms. The van der Waals surface area contributed by atoms with E-state index in [1.165, 1.54) is 24.8 Å². The topological polar surface area (TPSA) is 12.5 Å². The molecule has 1 aliphatic heterocycles. The van der Waals surface area contributed by atoms with Crippen LogP contribution in [0.4, 0.5) is 0 Å². The molecule has 1 unspecified atom stereocenters. The molecule has 82 valence electrons. The molecule has 1 aromatic rings. The molecule has 1 saturated heterocycles. The lowest BCUT2D eigenvalue weighted by molar-refractivity contribution is -0.203. The fraction of sp³-hybridized carbons (Fsp3) is 0.538. The largest absolute Gasteiger partial charge is 0.294 e. The Morgan fingerprint density at radius 2 is 2.07 bits per heavy atom. The maximum absolute atomic E-state index is 5.81. The number of hydrogen-bond acceptors (Lipinski definition) is 2. The molecule has 1 aromatic carbocycles.